The molecule has 1 aromatic heterocycles. The first-order valence-electron chi connectivity index (χ1n) is 10.4. The van der Waals surface area contributed by atoms with Crippen LogP contribution in [0.5, 0.6) is 0 Å². The van der Waals surface area contributed by atoms with Crippen molar-refractivity contribution in [3.8, 4) is 0 Å². The molecular weight excluding hydrogens is 342 g/mol. The number of likely N-dealkylation sites (tertiary alicyclic amines) is 1. The minimum Gasteiger partial charge on any atom is -0.381 e. The molecule has 1 atom stereocenters. The van der Waals surface area contributed by atoms with E-state index in [1.807, 2.05) is 0 Å². The van der Waals surface area contributed by atoms with Crippen LogP contribution in [0.15, 0.2) is 18.6 Å². The van der Waals surface area contributed by atoms with E-state index in [4.69, 9.17) is 4.74 Å². The molecule has 3 aliphatic rings. The zero-order valence-corrected chi connectivity index (χ0v) is 16.1. The molecule has 7 nitrogen and oxygen atoms in total. The van der Waals surface area contributed by atoms with Crippen LogP contribution in [0.3, 0.4) is 0 Å². The second kappa shape index (κ2) is 8.97. The number of anilines is 1. The molecule has 4 rings (SSSR count). The fourth-order valence-electron chi connectivity index (χ4n) is 4.65. The summed E-state index contributed by atoms with van der Waals surface area (Å²) in [4.78, 5) is 26.2. The van der Waals surface area contributed by atoms with E-state index in [1.54, 1.807) is 18.6 Å². The summed E-state index contributed by atoms with van der Waals surface area (Å²) in [5.41, 5.74) is 0. The molecular formula is C20H31N5O2. The third-order valence-electron chi connectivity index (χ3n) is 6.25. The molecule has 0 saturated carbocycles. The van der Waals surface area contributed by atoms with Crippen LogP contribution < -0.4 is 10.2 Å². The van der Waals surface area contributed by atoms with Crippen LogP contribution in [0.25, 0.3) is 0 Å². The molecule has 3 fully saturated rings. The summed E-state index contributed by atoms with van der Waals surface area (Å²) in [5.74, 6) is 1.31. The van der Waals surface area contributed by atoms with Gasteiger partial charge in [0.05, 0.1) is 6.20 Å². The van der Waals surface area contributed by atoms with E-state index < -0.39 is 0 Å². The van der Waals surface area contributed by atoms with Crippen molar-refractivity contribution in [2.24, 2.45) is 5.92 Å². The fourth-order valence-corrected chi connectivity index (χ4v) is 4.65. The van der Waals surface area contributed by atoms with Gasteiger partial charge in [-0.25, -0.2) is 4.98 Å². The van der Waals surface area contributed by atoms with E-state index in [9.17, 15) is 4.79 Å². The summed E-state index contributed by atoms with van der Waals surface area (Å²) in [5, 5.41) is 3.32. The van der Waals surface area contributed by atoms with Gasteiger partial charge >= 0.3 is 0 Å². The zero-order chi connectivity index (χ0) is 18.5. The largest absolute Gasteiger partial charge is 0.381 e. The smallest absolute Gasteiger partial charge is 0.223 e. The number of nitrogens with one attached hydrogen (secondary N) is 1. The summed E-state index contributed by atoms with van der Waals surface area (Å²) < 4.78 is 5.47. The van der Waals surface area contributed by atoms with Gasteiger partial charge in [0, 0.05) is 56.7 Å². The molecule has 0 aliphatic carbocycles. The van der Waals surface area contributed by atoms with Crippen LogP contribution in [-0.2, 0) is 9.53 Å². The Hall–Kier alpha value is -1.73. The predicted molar refractivity (Wildman–Crippen MR) is 104 cm³/mol. The van der Waals surface area contributed by atoms with Crippen molar-refractivity contribution in [2.75, 3.05) is 44.3 Å². The van der Waals surface area contributed by atoms with Gasteiger partial charge in [-0.15, -0.1) is 0 Å². The van der Waals surface area contributed by atoms with Crippen molar-refractivity contribution in [2.45, 2.75) is 50.6 Å². The monoisotopic (exact) mass is 373 g/mol. The Morgan fingerprint density at radius 3 is 2.63 bits per heavy atom. The number of rotatable bonds is 4. The summed E-state index contributed by atoms with van der Waals surface area (Å²) in [6, 6.07) is 0.864. The Morgan fingerprint density at radius 2 is 1.89 bits per heavy atom. The summed E-state index contributed by atoms with van der Waals surface area (Å²) in [7, 11) is 0. The lowest BCUT2D eigenvalue weighted by atomic mass is 9.93. The molecule has 1 N–H and O–H groups in total. The van der Waals surface area contributed by atoms with E-state index in [2.05, 4.69) is 25.1 Å². The maximum atomic E-state index is 12.8. The quantitative estimate of drug-likeness (QED) is 0.862. The van der Waals surface area contributed by atoms with Gasteiger partial charge in [-0.1, -0.05) is 0 Å². The highest BCUT2D eigenvalue weighted by molar-refractivity contribution is 5.79. The van der Waals surface area contributed by atoms with Crippen molar-refractivity contribution in [3.63, 3.8) is 0 Å². The second-order valence-corrected chi connectivity index (χ2v) is 8.01. The standard InChI is InChI=1S/C20H31N5O2/c26-20(16-3-10-24(11-4-16)18-5-12-27-13-6-18)23-17-2-1-9-25(15-17)19-14-21-7-8-22-19/h7-8,14,16-18H,1-6,9-13,15H2,(H,23,26). The highest BCUT2D eigenvalue weighted by Gasteiger charge is 2.31. The predicted octanol–water partition coefficient (Wildman–Crippen LogP) is 1.45. The maximum absolute atomic E-state index is 12.8. The van der Waals surface area contributed by atoms with Gasteiger partial charge in [0.2, 0.25) is 5.91 Å². The molecule has 0 bridgehead atoms. The van der Waals surface area contributed by atoms with Gasteiger partial charge < -0.3 is 19.9 Å². The molecule has 27 heavy (non-hydrogen) atoms. The van der Waals surface area contributed by atoms with E-state index >= 15 is 0 Å². The van der Waals surface area contributed by atoms with Crippen molar-refractivity contribution in [1.82, 2.24) is 20.2 Å². The molecule has 3 saturated heterocycles. The lowest BCUT2D eigenvalue weighted by Gasteiger charge is -2.39. The molecule has 1 unspecified atom stereocenters. The lowest BCUT2D eigenvalue weighted by Crippen LogP contribution is -2.51. The number of piperidine rings is 2. The van der Waals surface area contributed by atoms with Crippen molar-refractivity contribution < 1.29 is 9.53 Å². The van der Waals surface area contributed by atoms with Gasteiger partial charge in [-0.2, -0.15) is 0 Å². The molecule has 148 valence electrons. The van der Waals surface area contributed by atoms with Gasteiger partial charge in [-0.05, 0) is 51.6 Å². The Labute approximate surface area is 161 Å². The number of amides is 1. The molecule has 1 aromatic rings. The Kier molecular flexibility index (Phi) is 6.19. The van der Waals surface area contributed by atoms with Crippen molar-refractivity contribution in [1.29, 1.82) is 0 Å². The minimum atomic E-state index is 0.160. The Balaban J connectivity index is 1.24. The lowest BCUT2D eigenvalue weighted by molar-refractivity contribution is -0.127. The third-order valence-corrected chi connectivity index (χ3v) is 6.25. The number of carbonyl (C=O) groups excluding carboxylic acids is 1. The van der Waals surface area contributed by atoms with Gasteiger partial charge in [0.15, 0.2) is 0 Å². The second-order valence-electron chi connectivity index (χ2n) is 8.01. The van der Waals surface area contributed by atoms with Crippen LogP contribution in [0.2, 0.25) is 0 Å². The van der Waals surface area contributed by atoms with Gasteiger partial charge in [0.25, 0.3) is 0 Å². The zero-order valence-electron chi connectivity index (χ0n) is 16.1. The minimum absolute atomic E-state index is 0.160. The fraction of sp³-hybridized carbons (Fsp3) is 0.750. The molecule has 0 aromatic carbocycles. The summed E-state index contributed by atoms with van der Waals surface area (Å²) in [6.07, 6.45) is 11.6. The molecule has 4 heterocycles. The number of hydrogen-bond donors (Lipinski definition) is 1. The molecule has 1 amide bonds. The van der Waals surface area contributed by atoms with Crippen LogP contribution in [0, 0.1) is 5.92 Å². The first-order chi connectivity index (χ1) is 13.3. The normalized spacial score (nSPS) is 26.1. The molecule has 7 heteroatoms. The third kappa shape index (κ3) is 4.76. The number of hydrogen-bond acceptors (Lipinski definition) is 6. The summed E-state index contributed by atoms with van der Waals surface area (Å²) >= 11 is 0. The van der Waals surface area contributed by atoms with Crippen LogP contribution in [-0.4, -0.2) is 72.3 Å². The van der Waals surface area contributed by atoms with Crippen molar-refractivity contribution in [3.05, 3.63) is 18.6 Å². The number of carbonyl (C=O) groups is 1. The van der Waals surface area contributed by atoms with Crippen molar-refractivity contribution >= 4 is 11.7 Å². The highest BCUT2D eigenvalue weighted by atomic mass is 16.5. The van der Waals surface area contributed by atoms with Crippen LogP contribution in [0.4, 0.5) is 5.82 Å². The molecule has 0 radical (unpaired) electrons. The van der Waals surface area contributed by atoms with Crippen LogP contribution >= 0.6 is 0 Å². The number of nitrogens with zero attached hydrogens (tertiary/aromatic N) is 4. The number of ether oxygens (including phenoxy) is 1. The number of aromatic nitrogens is 2. The summed E-state index contributed by atoms with van der Waals surface area (Å²) in [6.45, 7) is 5.66. The van der Waals surface area contributed by atoms with E-state index in [0.29, 0.717) is 6.04 Å². The maximum Gasteiger partial charge on any atom is 0.223 e. The van der Waals surface area contributed by atoms with Crippen LogP contribution in [0.1, 0.15) is 38.5 Å². The highest BCUT2D eigenvalue weighted by Crippen LogP contribution is 2.24. The Bertz CT molecular complexity index is 600. The Morgan fingerprint density at radius 1 is 1.07 bits per heavy atom. The average molecular weight is 374 g/mol. The van der Waals surface area contributed by atoms with Gasteiger partial charge in [-0.3, -0.25) is 9.78 Å². The van der Waals surface area contributed by atoms with E-state index in [1.165, 1.54) is 0 Å². The SMILES string of the molecule is O=C(NC1CCCN(c2cnccn2)C1)C1CCN(C2CCOCC2)CC1. The molecule has 3 aliphatic heterocycles. The topological polar surface area (TPSA) is 70.6 Å². The van der Waals surface area contributed by atoms with E-state index in [0.717, 1.165) is 83.7 Å². The van der Waals surface area contributed by atoms with E-state index in [-0.39, 0.29) is 17.9 Å². The average Bonchev–Trinajstić information content (AvgIpc) is 2.75. The first-order valence-corrected chi connectivity index (χ1v) is 10.4. The van der Waals surface area contributed by atoms with Gasteiger partial charge in [0.1, 0.15) is 5.82 Å². The molecule has 0 spiro atoms. The first kappa shape index (κ1) is 18.6.